The van der Waals surface area contributed by atoms with Crippen molar-refractivity contribution in [3.05, 3.63) is 100 Å². The van der Waals surface area contributed by atoms with E-state index in [9.17, 15) is 14.0 Å². The number of hydrogen-bond donors (Lipinski definition) is 0. The Morgan fingerprint density at radius 3 is 2.18 bits per heavy atom. The van der Waals surface area contributed by atoms with Crippen LogP contribution in [0.4, 0.5) is 10.1 Å². The van der Waals surface area contributed by atoms with Crippen molar-refractivity contribution in [3.8, 4) is 11.8 Å². The second-order valence-electron chi connectivity index (χ2n) is 10.6. The first-order chi connectivity index (χ1) is 19.1. The maximum atomic E-state index is 14.9. The van der Waals surface area contributed by atoms with Gasteiger partial charge in [0.2, 0.25) is 5.91 Å². The molecule has 4 rings (SSSR count). The van der Waals surface area contributed by atoms with Crippen molar-refractivity contribution in [1.82, 2.24) is 0 Å². The molecule has 0 spiro atoms. The molecule has 0 radical (unpaired) electrons. The van der Waals surface area contributed by atoms with Gasteiger partial charge in [0, 0.05) is 23.1 Å². The Morgan fingerprint density at radius 2 is 1.56 bits per heavy atom. The second kappa shape index (κ2) is 14.4. The average molecular weight is 524 g/mol. The number of rotatable bonds is 10. The second-order valence-corrected chi connectivity index (χ2v) is 10.6. The number of halogens is 1. The summed E-state index contributed by atoms with van der Waals surface area (Å²) in [5.41, 5.74) is 4.56. The van der Waals surface area contributed by atoms with Gasteiger partial charge >= 0.3 is 0 Å². The van der Waals surface area contributed by atoms with Crippen molar-refractivity contribution in [1.29, 1.82) is 0 Å². The van der Waals surface area contributed by atoms with E-state index in [-0.39, 0.29) is 18.1 Å². The molecule has 3 aromatic carbocycles. The molecular formula is C35H38FNO2. The maximum Gasteiger partial charge on any atom is 0.227 e. The molecule has 0 saturated heterocycles. The molecule has 3 nitrogen and oxygen atoms in total. The summed E-state index contributed by atoms with van der Waals surface area (Å²) < 4.78 is 14.9. The number of aryl methyl sites for hydroxylation is 1. The molecule has 0 aromatic heterocycles. The van der Waals surface area contributed by atoms with E-state index in [1.165, 1.54) is 60.8 Å². The fourth-order valence-electron chi connectivity index (χ4n) is 5.21. The zero-order chi connectivity index (χ0) is 27.5. The minimum absolute atomic E-state index is 0.117. The number of benzene rings is 3. The smallest absolute Gasteiger partial charge is 0.227 e. The molecule has 0 aliphatic heterocycles. The number of carbonyl (C=O) groups is 2. The van der Waals surface area contributed by atoms with Gasteiger partial charge in [0.1, 0.15) is 12.1 Å². The summed E-state index contributed by atoms with van der Waals surface area (Å²) in [6.45, 7) is 2.43. The van der Waals surface area contributed by atoms with Gasteiger partial charge in [0.05, 0.1) is 12.2 Å². The Kier molecular flexibility index (Phi) is 10.5. The van der Waals surface area contributed by atoms with Gasteiger partial charge in [-0.15, -0.1) is 0 Å². The molecule has 1 aliphatic rings. The topological polar surface area (TPSA) is 37.4 Å². The number of hydrogen-bond acceptors (Lipinski definition) is 2. The molecule has 0 N–H and O–H groups in total. The van der Waals surface area contributed by atoms with Gasteiger partial charge in [-0.25, -0.2) is 4.39 Å². The molecule has 1 fully saturated rings. The van der Waals surface area contributed by atoms with Crippen LogP contribution in [0, 0.1) is 23.6 Å². The summed E-state index contributed by atoms with van der Waals surface area (Å²) in [7, 11) is 0. The van der Waals surface area contributed by atoms with Gasteiger partial charge in [0.25, 0.3) is 0 Å². The highest BCUT2D eigenvalue weighted by Gasteiger charge is 2.22. The molecule has 1 aliphatic carbocycles. The Morgan fingerprint density at radius 1 is 0.923 bits per heavy atom. The fourth-order valence-corrected chi connectivity index (χ4v) is 5.21. The number of amides is 1. The predicted octanol–water partition coefficient (Wildman–Crippen LogP) is 8.27. The fraction of sp³-hybridized carbons (Fsp3) is 0.371. The molecule has 0 heterocycles. The van der Waals surface area contributed by atoms with Gasteiger partial charge < -0.3 is 4.90 Å². The number of unbranched alkanes of at least 4 members (excludes halogenated alkanes) is 1. The van der Waals surface area contributed by atoms with E-state index in [2.05, 4.69) is 43.0 Å². The van der Waals surface area contributed by atoms with Gasteiger partial charge in [-0.05, 0) is 78.8 Å². The van der Waals surface area contributed by atoms with E-state index in [1.54, 1.807) is 0 Å². The standard InChI is InChI=1S/C35H38FNO2/c1-2-3-7-28-10-12-29(13-11-28)14-15-30-16-18-31(19-17-30)25-37(34-24-32(26-38)20-22-33(34)36)35(39)23-21-27-8-5-4-6-9-27/h10-13,16-20,22,24,26-27H,2-9,21,23,25H2,1H3. The van der Waals surface area contributed by atoms with Crippen LogP contribution in [-0.4, -0.2) is 12.2 Å². The van der Waals surface area contributed by atoms with Crippen molar-refractivity contribution < 1.29 is 14.0 Å². The summed E-state index contributed by atoms with van der Waals surface area (Å²) >= 11 is 0. The maximum absolute atomic E-state index is 14.9. The Hall–Kier alpha value is -3.71. The molecule has 0 unspecified atom stereocenters. The van der Waals surface area contributed by atoms with Gasteiger partial charge in [-0.3, -0.25) is 9.59 Å². The number of aldehydes is 1. The molecule has 0 atom stereocenters. The number of carbonyl (C=O) groups excluding carboxylic acids is 2. The van der Waals surface area contributed by atoms with Crippen LogP contribution in [0.25, 0.3) is 0 Å². The third kappa shape index (κ3) is 8.39. The monoisotopic (exact) mass is 523 g/mol. The van der Waals surface area contributed by atoms with E-state index in [0.717, 1.165) is 42.4 Å². The highest BCUT2D eigenvalue weighted by Crippen LogP contribution is 2.29. The molecule has 202 valence electrons. The first-order valence-electron chi connectivity index (χ1n) is 14.3. The van der Waals surface area contributed by atoms with Crippen LogP contribution >= 0.6 is 0 Å². The van der Waals surface area contributed by atoms with E-state index >= 15 is 0 Å². The summed E-state index contributed by atoms with van der Waals surface area (Å²) in [4.78, 5) is 26.3. The quantitative estimate of drug-likeness (QED) is 0.198. The predicted molar refractivity (Wildman–Crippen MR) is 156 cm³/mol. The largest absolute Gasteiger partial charge is 0.305 e. The Balaban J connectivity index is 1.47. The van der Waals surface area contributed by atoms with E-state index in [1.807, 2.05) is 24.3 Å². The van der Waals surface area contributed by atoms with Crippen molar-refractivity contribution in [2.45, 2.75) is 77.7 Å². The summed E-state index contributed by atoms with van der Waals surface area (Å²) in [6, 6.07) is 20.3. The van der Waals surface area contributed by atoms with Crippen LogP contribution in [0.5, 0.6) is 0 Å². The first-order valence-corrected chi connectivity index (χ1v) is 14.3. The lowest BCUT2D eigenvalue weighted by Crippen LogP contribution is -2.31. The lowest BCUT2D eigenvalue weighted by Gasteiger charge is -2.26. The normalized spacial score (nSPS) is 13.4. The zero-order valence-electron chi connectivity index (χ0n) is 22.9. The Bertz CT molecular complexity index is 1300. The average Bonchev–Trinajstić information content (AvgIpc) is 2.98. The zero-order valence-corrected chi connectivity index (χ0v) is 22.9. The van der Waals surface area contributed by atoms with E-state index in [4.69, 9.17) is 0 Å². The van der Waals surface area contributed by atoms with E-state index < -0.39 is 5.82 Å². The summed E-state index contributed by atoms with van der Waals surface area (Å²) in [5.74, 6) is 6.36. The van der Waals surface area contributed by atoms with Crippen LogP contribution in [-0.2, 0) is 17.8 Å². The molecule has 3 aromatic rings. The highest BCUT2D eigenvalue weighted by molar-refractivity contribution is 5.94. The molecule has 1 saturated carbocycles. The van der Waals surface area contributed by atoms with Crippen LogP contribution in [0.3, 0.4) is 0 Å². The minimum atomic E-state index is -0.505. The number of anilines is 1. The van der Waals surface area contributed by atoms with Crippen molar-refractivity contribution in [3.63, 3.8) is 0 Å². The lowest BCUT2D eigenvalue weighted by molar-refractivity contribution is -0.119. The third-order valence-corrected chi connectivity index (χ3v) is 7.61. The van der Waals surface area contributed by atoms with Crippen LogP contribution in [0.2, 0.25) is 0 Å². The molecule has 39 heavy (non-hydrogen) atoms. The summed E-state index contributed by atoms with van der Waals surface area (Å²) in [6.07, 6.45) is 11.4. The SMILES string of the molecule is CCCCc1ccc(C#Cc2ccc(CN(C(=O)CCC3CCCCC3)c3cc(C=O)ccc3F)cc2)cc1. The van der Waals surface area contributed by atoms with Crippen molar-refractivity contribution >= 4 is 17.9 Å². The molecule has 4 heteroatoms. The van der Waals surface area contributed by atoms with Gasteiger partial charge in [-0.1, -0.05) is 81.6 Å². The van der Waals surface area contributed by atoms with Gasteiger partial charge in [-0.2, -0.15) is 0 Å². The van der Waals surface area contributed by atoms with Crippen LogP contribution < -0.4 is 4.90 Å². The molecular weight excluding hydrogens is 485 g/mol. The van der Waals surface area contributed by atoms with Gasteiger partial charge in [0.15, 0.2) is 0 Å². The lowest BCUT2D eigenvalue weighted by atomic mass is 9.86. The number of nitrogens with zero attached hydrogens (tertiary/aromatic N) is 1. The first kappa shape index (κ1) is 28.3. The highest BCUT2D eigenvalue weighted by atomic mass is 19.1. The molecule has 0 bridgehead atoms. The van der Waals surface area contributed by atoms with Crippen molar-refractivity contribution in [2.75, 3.05) is 4.90 Å². The van der Waals surface area contributed by atoms with Crippen LogP contribution in [0.1, 0.15) is 97.3 Å². The minimum Gasteiger partial charge on any atom is -0.305 e. The third-order valence-electron chi connectivity index (χ3n) is 7.61. The van der Waals surface area contributed by atoms with Crippen molar-refractivity contribution in [2.24, 2.45) is 5.92 Å². The summed E-state index contributed by atoms with van der Waals surface area (Å²) in [5, 5.41) is 0. The Labute approximate surface area is 232 Å². The molecule has 1 amide bonds. The van der Waals surface area contributed by atoms with E-state index in [0.29, 0.717) is 24.2 Å². The van der Waals surface area contributed by atoms with Crippen LogP contribution in [0.15, 0.2) is 66.7 Å².